The quantitative estimate of drug-likeness (QED) is 0.919. The molecule has 4 rings (SSSR count). The maximum atomic E-state index is 12.4. The molecule has 1 saturated heterocycles. The molecule has 4 heteroatoms. The van der Waals surface area contributed by atoms with Crippen molar-refractivity contribution in [3.8, 4) is 0 Å². The molecule has 1 aliphatic carbocycles. The molecule has 0 radical (unpaired) electrons. The van der Waals surface area contributed by atoms with Crippen LogP contribution >= 0.6 is 0 Å². The van der Waals surface area contributed by atoms with Gasteiger partial charge in [-0.3, -0.25) is 9.78 Å². The van der Waals surface area contributed by atoms with Gasteiger partial charge in [-0.15, -0.1) is 0 Å². The van der Waals surface area contributed by atoms with Crippen LogP contribution in [0.15, 0.2) is 54.7 Å². The monoisotopic (exact) mass is 322 g/mol. The summed E-state index contributed by atoms with van der Waals surface area (Å²) in [6.45, 7) is 0.813. The minimum Gasteiger partial charge on any atom is -0.377 e. The van der Waals surface area contributed by atoms with Crippen LogP contribution in [0.4, 0.5) is 0 Å². The van der Waals surface area contributed by atoms with E-state index in [2.05, 4.69) is 34.6 Å². The second kappa shape index (κ2) is 6.73. The van der Waals surface area contributed by atoms with Gasteiger partial charge in [0, 0.05) is 36.4 Å². The van der Waals surface area contributed by atoms with Crippen molar-refractivity contribution in [1.82, 2.24) is 10.3 Å². The molecule has 24 heavy (non-hydrogen) atoms. The predicted octanol–water partition coefficient (Wildman–Crippen LogP) is 2.39. The Kier molecular flexibility index (Phi) is 4.30. The third-order valence-electron chi connectivity index (χ3n) is 5.24. The summed E-state index contributed by atoms with van der Waals surface area (Å²) < 4.78 is 5.90. The lowest BCUT2D eigenvalue weighted by atomic mass is 9.64. The van der Waals surface area contributed by atoms with E-state index in [4.69, 9.17) is 4.74 Å². The van der Waals surface area contributed by atoms with Crippen LogP contribution < -0.4 is 5.32 Å². The average molecular weight is 322 g/mol. The Hall–Kier alpha value is -2.20. The van der Waals surface area contributed by atoms with Crippen LogP contribution in [0.3, 0.4) is 0 Å². The summed E-state index contributed by atoms with van der Waals surface area (Å²) in [5.41, 5.74) is 2.12. The normalized spacial score (nSPS) is 28.0. The fourth-order valence-electron chi connectivity index (χ4n) is 4.08. The van der Waals surface area contributed by atoms with Crippen LogP contribution in [0, 0.1) is 11.8 Å². The zero-order chi connectivity index (χ0) is 16.4. The van der Waals surface area contributed by atoms with Gasteiger partial charge in [-0.05, 0) is 30.5 Å². The van der Waals surface area contributed by atoms with Crippen LogP contribution in [0.25, 0.3) is 0 Å². The molecule has 4 nitrogen and oxygen atoms in total. The fraction of sp³-hybridized carbons (Fsp3) is 0.400. The lowest BCUT2D eigenvalue weighted by molar-refractivity contribution is -0.126. The summed E-state index contributed by atoms with van der Waals surface area (Å²) in [7, 11) is 0. The van der Waals surface area contributed by atoms with Gasteiger partial charge in [0.15, 0.2) is 0 Å². The predicted molar refractivity (Wildman–Crippen MR) is 91.4 cm³/mol. The molecule has 2 fully saturated rings. The van der Waals surface area contributed by atoms with E-state index in [1.165, 1.54) is 5.56 Å². The Balaban J connectivity index is 1.41. The summed E-state index contributed by atoms with van der Waals surface area (Å²) in [5.74, 6) is 0.890. The lowest BCUT2D eigenvalue weighted by Crippen LogP contribution is -2.62. The summed E-state index contributed by atoms with van der Waals surface area (Å²) in [6.07, 6.45) is 4.37. The molecule has 0 unspecified atom stereocenters. The SMILES string of the molecule is O=C(Cc1ccccn1)N[C@@H]1[C@@H](Cc2ccccc2)[C@H]2OCC[C@@H]12. The summed E-state index contributed by atoms with van der Waals surface area (Å²) in [6, 6.07) is 16.3. The van der Waals surface area contributed by atoms with Crippen molar-refractivity contribution < 1.29 is 9.53 Å². The maximum absolute atomic E-state index is 12.4. The van der Waals surface area contributed by atoms with Gasteiger partial charge >= 0.3 is 0 Å². The molecular formula is C20H22N2O2. The molecular weight excluding hydrogens is 300 g/mol. The van der Waals surface area contributed by atoms with Crippen molar-refractivity contribution in [2.75, 3.05) is 6.61 Å². The highest BCUT2D eigenvalue weighted by Crippen LogP contribution is 2.45. The molecule has 1 aromatic heterocycles. The number of pyridine rings is 1. The zero-order valence-corrected chi connectivity index (χ0v) is 13.6. The van der Waals surface area contributed by atoms with Gasteiger partial charge in [-0.25, -0.2) is 0 Å². The van der Waals surface area contributed by atoms with E-state index in [0.717, 1.165) is 25.1 Å². The molecule has 2 heterocycles. The zero-order valence-electron chi connectivity index (χ0n) is 13.6. The van der Waals surface area contributed by atoms with Gasteiger partial charge in [0.25, 0.3) is 0 Å². The number of fused-ring (bicyclic) bond motifs is 1. The van der Waals surface area contributed by atoms with Gasteiger partial charge in [-0.1, -0.05) is 36.4 Å². The average Bonchev–Trinajstić information content (AvgIpc) is 3.04. The molecule has 1 saturated carbocycles. The second-order valence-corrected chi connectivity index (χ2v) is 6.73. The van der Waals surface area contributed by atoms with E-state index in [1.807, 2.05) is 24.3 Å². The minimum atomic E-state index is 0.0575. The van der Waals surface area contributed by atoms with Gasteiger partial charge < -0.3 is 10.1 Å². The molecule has 4 atom stereocenters. The highest BCUT2D eigenvalue weighted by Gasteiger charge is 2.53. The summed E-state index contributed by atoms with van der Waals surface area (Å²) in [5, 5.41) is 3.25. The van der Waals surface area contributed by atoms with E-state index >= 15 is 0 Å². The Labute approximate surface area is 142 Å². The number of amides is 1. The maximum Gasteiger partial charge on any atom is 0.226 e. The van der Waals surface area contributed by atoms with Crippen LogP contribution in [0.5, 0.6) is 0 Å². The lowest BCUT2D eigenvalue weighted by Gasteiger charge is -2.48. The van der Waals surface area contributed by atoms with E-state index in [1.54, 1.807) is 6.20 Å². The highest BCUT2D eigenvalue weighted by molar-refractivity contribution is 5.78. The van der Waals surface area contributed by atoms with Crippen LogP contribution in [-0.4, -0.2) is 29.6 Å². The van der Waals surface area contributed by atoms with Crippen molar-refractivity contribution in [2.24, 2.45) is 11.8 Å². The molecule has 1 N–H and O–H groups in total. The smallest absolute Gasteiger partial charge is 0.226 e. The number of aromatic nitrogens is 1. The van der Waals surface area contributed by atoms with Crippen LogP contribution in [-0.2, 0) is 22.4 Å². The van der Waals surface area contributed by atoms with Crippen molar-refractivity contribution >= 4 is 5.91 Å². The number of carbonyl (C=O) groups excluding carboxylic acids is 1. The fourth-order valence-corrected chi connectivity index (χ4v) is 4.08. The number of ether oxygens (including phenoxy) is 1. The first-order chi connectivity index (χ1) is 11.8. The van der Waals surface area contributed by atoms with E-state index in [-0.39, 0.29) is 11.9 Å². The number of rotatable bonds is 5. The molecule has 0 spiro atoms. The first kappa shape index (κ1) is 15.3. The standard InChI is InChI=1S/C20H22N2O2/c23-18(13-15-8-4-5-10-21-15)22-19-16-9-11-24-20(16)17(19)12-14-6-2-1-3-7-14/h1-8,10,16-17,19-20H,9,11-13H2,(H,22,23)/t16-,17+,19-,20-/m0/s1. The number of nitrogens with zero attached hydrogens (tertiary/aromatic N) is 1. The third kappa shape index (κ3) is 3.06. The van der Waals surface area contributed by atoms with E-state index < -0.39 is 0 Å². The van der Waals surface area contributed by atoms with Crippen LogP contribution in [0.1, 0.15) is 17.7 Å². The summed E-state index contributed by atoms with van der Waals surface area (Å²) in [4.78, 5) is 16.6. The summed E-state index contributed by atoms with van der Waals surface area (Å²) >= 11 is 0. The van der Waals surface area contributed by atoms with Crippen molar-refractivity contribution in [3.63, 3.8) is 0 Å². The molecule has 2 aromatic rings. The first-order valence-electron chi connectivity index (χ1n) is 8.66. The molecule has 1 amide bonds. The first-order valence-corrected chi connectivity index (χ1v) is 8.66. The second-order valence-electron chi connectivity index (χ2n) is 6.73. The van der Waals surface area contributed by atoms with Crippen molar-refractivity contribution in [1.29, 1.82) is 0 Å². The van der Waals surface area contributed by atoms with Gasteiger partial charge in [0.05, 0.1) is 12.5 Å². The number of hydrogen-bond donors (Lipinski definition) is 1. The van der Waals surface area contributed by atoms with Crippen LogP contribution in [0.2, 0.25) is 0 Å². The van der Waals surface area contributed by atoms with Gasteiger partial charge in [-0.2, -0.15) is 0 Å². The largest absolute Gasteiger partial charge is 0.377 e. The number of hydrogen-bond acceptors (Lipinski definition) is 3. The number of carbonyl (C=O) groups is 1. The number of benzene rings is 1. The Morgan fingerprint density at radius 3 is 2.79 bits per heavy atom. The van der Waals surface area contributed by atoms with Crippen molar-refractivity contribution in [3.05, 3.63) is 66.0 Å². The third-order valence-corrected chi connectivity index (χ3v) is 5.24. The molecule has 0 bridgehead atoms. The highest BCUT2D eigenvalue weighted by atomic mass is 16.5. The van der Waals surface area contributed by atoms with Gasteiger partial charge in [0.2, 0.25) is 5.91 Å². The van der Waals surface area contributed by atoms with Gasteiger partial charge in [0.1, 0.15) is 0 Å². The number of nitrogens with one attached hydrogen (secondary N) is 1. The molecule has 1 aromatic carbocycles. The topological polar surface area (TPSA) is 51.2 Å². The van der Waals surface area contributed by atoms with Crippen molar-refractivity contribution in [2.45, 2.75) is 31.4 Å². The molecule has 124 valence electrons. The van der Waals surface area contributed by atoms with E-state index in [0.29, 0.717) is 24.4 Å². The minimum absolute atomic E-state index is 0.0575. The Morgan fingerprint density at radius 1 is 1.17 bits per heavy atom. The van der Waals surface area contributed by atoms with E-state index in [9.17, 15) is 4.79 Å². The molecule has 2 aliphatic rings. The Morgan fingerprint density at radius 2 is 2.00 bits per heavy atom. The Bertz CT molecular complexity index is 689. The molecule has 1 aliphatic heterocycles.